The number of amides is 1. The lowest BCUT2D eigenvalue weighted by Gasteiger charge is -2.33. The zero-order valence-electron chi connectivity index (χ0n) is 17.8. The Morgan fingerprint density at radius 3 is 2.90 bits per heavy atom. The molecule has 2 heterocycles. The van der Waals surface area contributed by atoms with Crippen LogP contribution in [0.4, 0.5) is 5.69 Å². The van der Waals surface area contributed by atoms with Gasteiger partial charge in [-0.2, -0.15) is 0 Å². The normalized spacial score (nSPS) is 15.9. The summed E-state index contributed by atoms with van der Waals surface area (Å²) < 4.78 is 9.83. The van der Waals surface area contributed by atoms with E-state index in [2.05, 4.69) is 30.9 Å². The average Bonchev–Trinajstić information content (AvgIpc) is 3.16. The number of aromatic amines is 1. The molecule has 1 aromatic heterocycles. The van der Waals surface area contributed by atoms with Crippen molar-refractivity contribution in [2.24, 2.45) is 0 Å². The van der Waals surface area contributed by atoms with Crippen molar-refractivity contribution >= 4 is 46.4 Å². The van der Waals surface area contributed by atoms with E-state index in [4.69, 9.17) is 16.3 Å². The van der Waals surface area contributed by atoms with Gasteiger partial charge in [0.1, 0.15) is 11.9 Å². The summed E-state index contributed by atoms with van der Waals surface area (Å²) in [6.45, 7) is 4.41. The minimum atomic E-state index is -0.407. The number of nitrogens with zero attached hydrogens (tertiary/aromatic N) is 3. The van der Waals surface area contributed by atoms with Crippen molar-refractivity contribution in [1.29, 1.82) is 0 Å². The lowest BCUT2D eigenvalue weighted by molar-refractivity contribution is 0.0892. The number of aryl methyl sites for hydroxylation is 1. The summed E-state index contributed by atoms with van der Waals surface area (Å²) in [4.78, 5) is 20.8. The molecule has 0 spiro atoms. The molecule has 1 aliphatic heterocycles. The second-order valence-electron chi connectivity index (χ2n) is 7.65. The molecule has 31 heavy (non-hydrogen) atoms. The fourth-order valence-corrected chi connectivity index (χ4v) is 4.91. The summed E-state index contributed by atoms with van der Waals surface area (Å²) in [7, 11) is 3.70. The van der Waals surface area contributed by atoms with Crippen molar-refractivity contribution in [1.82, 2.24) is 19.6 Å². The Bertz CT molecular complexity index is 1090. The molecule has 2 aromatic carbocycles. The first-order valence-corrected chi connectivity index (χ1v) is 11.3. The summed E-state index contributed by atoms with van der Waals surface area (Å²) >= 11 is 7.79. The van der Waals surface area contributed by atoms with Gasteiger partial charge in [-0.1, -0.05) is 11.6 Å². The number of fused-ring (bicyclic) bond motifs is 1. The van der Waals surface area contributed by atoms with Gasteiger partial charge in [-0.3, -0.25) is 4.79 Å². The number of nitrogens with one attached hydrogen (secondary N) is 2. The van der Waals surface area contributed by atoms with Crippen LogP contribution in [0.15, 0.2) is 36.4 Å². The van der Waals surface area contributed by atoms with Crippen molar-refractivity contribution in [2.75, 3.05) is 38.2 Å². The Balaban J connectivity index is 1.52. The monoisotopic (exact) mass is 459 g/mol. The van der Waals surface area contributed by atoms with Crippen LogP contribution in [0.5, 0.6) is 0 Å². The number of aromatic nitrogens is 2. The molecule has 0 radical (unpaired) electrons. The molecule has 4 rings (SSSR count). The second-order valence-corrected chi connectivity index (χ2v) is 9.32. The third-order valence-electron chi connectivity index (χ3n) is 5.23. The second kappa shape index (κ2) is 9.48. The lowest BCUT2D eigenvalue weighted by Crippen LogP contribution is -2.33. The number of carbonyl (C=O) groups is 1. The summed E-state index contributed by atoms with van der Waals surface area (Å²) in [6.07, 6.45) is 1.12. The van der Waals surface area contributed by atoms with E-state index >= 15 is 0 Å². The fraction of sp³-hybridized carbons (Fsp3) is 0.364. The van der Waals surface area contributed by atoms with Gasteiger partial charge in [-0.25, -0.2) is 9.29 Å². The van der Waals surface area contributed by atoms with E-state index < -0.39 is 6.04 Å². The largest absolute Gasteiger partial charge is 0.382 e. The summed E-state index contributed by atoms with van der Waals surface area (Å²) in [5.41, 5.74) is 4.42. The summed E-state index contributed by atoms with van der Waals surface area (Å²) in [5, 5.41) is 3.67. The lowest BCUT2D eigenvalue weighted by atomic mass is 10.1. The van der Waals surface area contributed by atoms with Crippen molar-refractivity contribution in [3.8, 4) is 0 Å². The van der Waals surface area contributed by atoms with Crippen molar-refractivity contribution in [2.45, 2.75) is 19.4 Å². The number of hydrogen-bond donors (Lipinski definition) is 2. The van der Waals surface area contributed by atoms with Gasteiger partial charge >= 0.3 is 0 Å². The molecule has 1 atom stereocenters. The maximum atomic E-state index is 13.0. The molecular weight excluding hydrogens is 434 g/mol. The quantitative estimate of drug-likeness (QED) is 0.534. The Morgan fingerprint density at radius 2 is 2.16 bits per heavy atom. The number of anilines is 1. The maximum absolute atomic E-state index is 13.0. The van der Waals surface area contributed by atoms with Crippen LogP contribution in [-0.4, -0.2) is 54.0 Å². The Labute approximate surface area is 191 Å². The summed E-state index contributed by atoms with van der Waals surface area (Å²) in [6, 6.07) is 10.9. The highest BCUT2D eigenvalue weighted by molar-refractivity contribution is 7.98. The molecule has 1 fully saturated rings. The number of halogens is 1. The summed E-state index contributed by atoms with van der Waals surface area (Å²) in [5.74, 6) is 0.465. The number of rotatable bonds is 6. The van der Waals surface area contributed by atoms with Gasteiger partial charge in [0.15, 0.2) is 0 Å². The number of imidazole rings is 1. The Hall–Kier alpha value is -2.26. The van der Waals surface area contributed by atoms with Crippen LogP contribution in [0.2, 0.25) is 5.02 Å². The molecule has 1 amide bonds. The zero-order chi connectivity index (χ0) is 22.0. The number of hydrogen-bond acceptors (Lipinski definition) is 6. The van der Waals surface area contributed by atoms with Gasteiger partial charge in [0.05, 0.1) is 23.3 Å². The maximum Gasteiger partial charge on any atom is 0.251 e. The third-order valence-corrected chi connectivity index (χ3v) is 6.50. The van der Waals surface area contributed by atoms with Gasteiger partial charge in [-0.05, 0) is 62.4 Å². The number of H-pyrrole nitrogens is 1. The van der Waals surface area contributed by atoms with E-state index in [0.717, 1.165) is 41.8 Å². The van der Waals surface area contributed by atoms with Gasteiger partial charge in [-0.15, -0.1) is 0 Å². The Morgan fingerprint density at radius 1 is 1.32 bits per heavy atom. The first-order valence-electron chi connectivity index (χ1n) is 10.2. The molecule has 1 saturated heterocycles. The van der Waals surface area contributed by atoms with Crippen LogP contribution >= 0.6 is 23.7 Å². The van der Waals surface area contributed by atoms with Crippen molar-refractivity contribution < 1.29 is 9.53 Å². The predicted molar refractivity (Wildman–Crippen MR) is 127 cm³/mol. The molecular formula is C22H26ClN5O2S. The van der Waals surface area contributed by atoms with Crippen molar-refractivity contribution in [3.63, 3.8) is 0 Å². The molecule has 0 bridgehead atoms. The van der Waals surface area contributed by atoms with Crippen molar-refractivity contribution in [3.05, 3.63) is 58.4 Å². The number of carbonyl (C=O) groups excluding carboxylic acids is 1. The standard InChI is InChI=1S/C22H26ClN5O2S/c1-14-11-15(5-8-20(14)28-10-4-9-27(2)31-28)22(29)26-19(13-30-3)21-24-17-7-6-16(23)12-18(17)25-21/h5-8,11-12,19H,4,9-10,13H2,1-3H3,(H,24,25)(H,26,29). The topological polar surface area (TPSA) is 73.5 Å². The van der Waals surface area contributed by atoms with Gasteiger partial charge in [0.2, 0.25) is 0 Å². The minimum Gasteiger partial charge on any atom is -0.382 e. The molecule has 1 unspecified atom stereocenters. The van der Waals surface area contributed by atoms with Crippen LogP contribution in [0.25, 0.3) is 11.0 Å². The van der Waals surface area contributed by atoms with E-state index in [-0.39, 0.29) is 5.91 Å². The van der Waals surface area contributed by atoms with Crippen LogP contribution in [-0.2, 0) is 4.74 Å². The highest BCUT2D eigenvalue weighted by Gasteiger charge is 2.22. The first kappa shape index (κ1) is 22.0. The highest BCUT2D eigenvalue weighted by atomic mass is 35.5. The molecule has 164 valence electrons. The molecule has 0 aliphatic carbocycles. The van der Waals surface area contributed by atoms with Crippen LogP contribution in [0, 0.1) is 6.92 Å². The first-order chi connectivity index (χ1) is 14.9. The minimum absolute atomic E-state index is 0.168. The van der Waals surface area contributed by atoms with Crippen LogP contribution in [0.3, 0.4) is 0 Å². The predicted octanol–water partition coefficient (Wildman–Crippen LogP) is 4.35. The van der Waals surface area contributed by atoms with E-state index in [1.165, 1.54) is 0 Å². The SMILES string of the molecule is COCC(NC(=O)c1ccc(N2CCCN(C)S2)c(C)c1)c1nc2ccc(Cl)cc2[nH]1. The molecule has 1 aliphatic rings. The highest BCUT2D eigenvalue weighted by Crippen LogP contribution is 2.31. The number of ether oxygens (including phenoxy) is 1. The molecule has 3 aromatic rings. The third kappa shape index (κ3) is 4.98. The fourth-order valence-electron chi connectivity index (χ4n) is 3.69. The van der Waals surface area contributed by atoms with Gasteiger partial charge in [0.25, 0.3) is 5.91 Å². The number of methoxy groups -OCH3 is 1. The molecule has 2 N–H and O–H groups in total. The van der Waals surface area contributed by atoms with E-state index in [9.17, 15) is 4.79 Å². The smallest absolute Gasteiger partial charge is 0.251 e. The molecule has 9 heteroatoms. The van der Waals surface area contributed by atoms with Crippen LogP contribution in [0.1, 0.15) is 34.2 Å². The Kier molecular flexibility index (Phi) is 6.71. The van der Waals surface area contributed by atoms with E-state index in [1.807, 2.05) is 37.3 Å². The zero-order valence-corrected chi connectivity index (χ0v) is 19.4. The van der Waals surface area contributed by atoms with Gasteiger partial charge in [0, 0.05) is 42.9 Å². The average molecular weight is 460 g/mol. The number of benzene rings is 2. The molecule has 0 saturated carbocycles. The molecule has 7 nitrogen and oxygen atoms in total. The van der Waals surface area contributed by atoms with Gasteiger partial charge < -0.3 is 19.3 Å². The van der Waals surface area contributed by atoms with E-state index in [1.54, 1.807) is 25.3 Å². The van der Waals surface area contributed by atoms with E-state index in [0.29, 0.717) is 23.0 Å². The van der Waals surface area contributed by atoms with Crippen LogP contribution < -0.4 is 9.62 Å².